The van der Waals surface area contributed by atoms with Gasteiger partial charge in [-0.3, -0.25) is 4.79 Å². The van der Waals surface area contributed by atoms with Gasteiger partial charge >= 0.3 is 0 Å². The van der Waals surface area contributed by atoms with E-state index in [2.05, 4.69) is 10.4 Å². The van der Waals surface area contributed by atoms with Crippen LogP contribution < -0.4 is 5.32 Å². The summed E-state index contributed by atoms with van der Waals surface area (Å²) in [6, 6.07) is 9.93. The summed E-state index contributed by atoms with van der Waals surface area (Å²) in [7, 11) is 1.66. The third-order valence-corrected chi connectivity index (χ3v) is 3.14. The molecule has 1 amide bonds. The van der Waals surface area contributed by atoms with Crippen molar-refractivity contribution in [2.24, 2.45) is 0 Å². The lowest BCUT2D eigenvalue weighted by molar-refractivity contribution is -0.121. The fourth-order valence-electron chi connectivity index (χ4n) is 2.00. The van der Waals surface area contributed by atoms with Gasteiger partial charge < -0.3 is 10.1 Å². The van der Waals surface area contributed by atoms with E-state index in [0.29, 0.717) is 26.0 Å². The second-order valence-electron chi connectivity index (χ2n) is 4.83. The highest BCUT2D eigenvalue weighted by Gasteiger charge is 2.04. The maximum absolute atomic E-state index is 11.7. The fourth-order valence-corrected chi connectivity index (χ4v) is 2.00. The highest BCUT2D eigenvalue weighted by atomic mass is 16.5. The zero-order valence-corrected chi connectivity index (χ0v) is 12.3. The molecule has 5 heteroatoms. The molecule has 0 bridgehead atoms. The van der Waals surface area contributed by atoms with E-state index >= 15 is 0 Å². The monoisotopic (exact) mass is 287 g/mol. The number of methoxy groups -OCH3 is 1. The molecule has 0 unspecified atom stereocenters. The molecular formula is C16H21N3O2. The molecule has 0 spiro atoms. The van der Waals surface area contributed by atoms with E-state index in [4.69, 9.17) is 4.74 Å². The molecular weight excluding hydrogens is 266 g/mol. The highest BCUT2D eigenvalue weighted by molar-refractivity contribution is 5.76. The number of nitrogens with zero attached hydrogens (tertiary/aromatic N) is 2. The van der Waals surface area contributed by atoms with E-state index in [1.54, 1.807) is 7.11 Å². The molecule has 1 aromatic heterocycles. The van der Waals surface area contributed by atoms with Crippen LogP contribution in [0, 0.1) is 0 Å². The third kappa shape index (κ3) is 5.04. The largest absolute Gasteiger partial charge is 0.385 e. The molecule has 0 fully saturated rings. The number of carbonyl (C=O) groups excluding carboxylic acids is 1. The van der Waals surface area contributed by atoms with Crippen LogP contribution in [0.1, 0.15) is 18.4 Å². The van der Waals surface area contributed by atoms with Crippen molar-refractivity contribution in [3.05, 3.63) is 48.3 Å². The quantitative estimate of drug-likeness (QED) is 0.755. The number of nitrogens with one attached hydrogen (secondary N) is 1. The van der Waals surface area contributed by atoms with Gasteiger partial charge in [-0.1, -0.05) is 18.2 Å². The molecule has 1 heterocycles. The Morgan fingerprint density at radius 3 is 2.90 bits per heavy atom. The van der Waals surface area contributed by atoms with E-state index in [9.17, 15) is 4.79 Å². The second kappa shape index (κ2) is 8.21. The van der Waals surface area contributed by atoms with Gasteiger partial charge in [-0.05, 0) is 30.5 Å². The molecule has 0 saturated heterocycles. The number of benzene rings is 1. The Morgan fingerprint density at radius 1 is 1.33 bits per heavy atom. The van der Waals surface area contributed by atoms with Crippen LogP contribution in [0.25, 0.3) is 5.69 Å². The van der Waals surface area contributed by atoms with Crippen LogP contribution in [0.2, 0.25) is 0 Å². The number of carbonyl (C=O) groups is 1. The average molecular weight is 287 g/mol. The Labute approximate surface area is 124 Å². The number of rotatable bonds is 8. The van der Waals surface area contributed by atoms with E-state index < -0.39 is 0 Å². The summed E-state index contributed by atoms with van der Waals surface area (Å²) in [6.07, 6.45) is 5.79. The van der Waals surface area contributed by atoms with Gasteiger partial charge in [-0.15, -0.1) is 0 Å². The molecule has 0 aliphatic rings. The highest BCUT2D eigenvalue weighted by Crippen LogP contribution is 2.09. The minimum absolute atomic E-state index is 0.0681. The summed E-state index contributed by atoms with van der Waals surface area (Å²) in [5.41, 5.74) is 2.08. The van der Waals surface area contributed by atoms with Crippen LogP contribution in [0.15, 0.2) is 42.7 Å². The van der Waals surface area contributed by atoms with Crippen LogP contribution in [-0.4, -0.2) is 35.9 Å². The van der Waals surface area contributed by atoms with Crippen LogP contribution >= 0.6 is 0 Å². The van der Waals surface area contributed by atoms with Crippen molar-refractivity contribution in [3.8, 4) is 5.69 Å². The summed E-state index contributed by atoms with van der Waals surface area (Å²) in [4.78, 5) is 11.7. The molecule has 0 aliphatic heterocycles. The Bertz CT molecular complexity index is 552. The number of aryl methyl sites for hydroxylation is 1. The van der Waals surface area contributed by atoms with Crippen LogP contribution in [0.5, 0.6) is 0 Å². The minimum atomic E-state index is 0.0681. The number of hydrogen-bond donors (Lipinski definition) is 1. The normalized spacial score (nSPS) is 10.5. The summed E-state index contributed by atoms with van der Waals surface area (Å²) >= 11 is 0. The number of hydrogen-bond acceptors (Lipinski definition) is 3. The topological polar surface area (TPSA) is 56.1 Å². The maximum atomic E-state index is 11.7. The summed E-state index contributed by atoms with van der Waals surface area (Å²) in [6.45, 7) is 1.33. The Kier molecular flexibility index (Phi) is 5.97. The van der Waals surface area contributed by atoms with Crippen molar-refractivity contribution in [2.75, 3.05) is 20.3 Å². The van der Waals surface area contributed by atoms with E-state index in [0.717, 1.165) is 17.7 Å². The predicted octanol–water partition coefficient (Wildman–Crippen LogP) is 1.96. The van der Waals surface area contributed by atoms with Crippen molar-refractivity contribution in [3.63, 3.8) is 0 Å². The first-order valence-electron chi connectivity index (χ1n) is 7.14. The first kappa shape index (κ1) is 15.3. The van der Waals surface area contributed by atoms with E-state index in [-0.39, 0.29) is 5.91 Å². The van der Waals surface area contributed by atoms with Gasteiger partial charge in [0.1, 0.15) is 0 Å². The molecule has 21 heavy (non-hydrogen) atoms. The molecule has 2 rings (SSSR count). The Balaban J connectivity index is 1.77. The summed E-state index contributed by atoms with van der Waals surface area (Å²) in [5, 5.41) is 7.20. The van der Waals surface area contributed by atoms with Crippen molar-refractivity contribution < 1.29 is 9.53 Å². The van der Waals surface area contributed by atoms with Crippen molar-refractivity contribution in [2.45, 2.75) is 19.3 Å². The van der Waals surface area contributed by atoms with E-state index in [1.165, 1.54) is 0 Å². The first-order valence-corrected chi connectivity index (χ1v) is 7.14. The summed E-state index contributed by atoms with van der Waals surface area (Å²) in [5.74, 6) is 0.0681. The zero-order valence-electron chi connectivity index (χ0n) is 12.3. The Hall–Kier alpha value is -2.14. The van der Waals surface area contributed by atoms with Crippen molar-refractivity contribution in [1.82, 2.24) is 15.1 Å². The molecule has 112 valence electrons. The molecule has 0 aliphatic carbocycles. The number of amides is 1. The fraction of sp³-hybridized carbons (Fsp3) is 0.375. The predicted molar refractivity (Wildman–Crippen MR) is 81.4 cm³/mol. The second-order valence-corrected chi connectivity index (χ2v) is 4.83. The Morgan fingerprint density at radius 2 is 2.14 bits per heavy atom. The first-order chi connectivity index (χ1) is 10.3. The van der Waals surface area contributed by atoms with Crippen molar-refractivity contribution in [1.29, 1.82) is 0 Å². The van der Waals surface area contributed by atoms with Gasteiger partial charge in [0, 0.05) is 32.9 Å². The zero-order chi connectivity index (χ0) is 14.9. The van der Waals surface area contributed by atoms with Gasteiger partial charge in [0.2, 0.25) is 5.91 Å². The van der Waals surface area contributed by atoms with Gasteiger partial charge in [0.05, 0.1) is 11.9 Å². The lowest BCUT2D eigenvalue weighted by atomic mass is 10.2. The SMILES string of the molecule is COCCCNC(=O)CCc1cnn(-c2ccccc2)c1. The molecule has 5 nitrogen and oxygen atoms in total. The smallest absolute Gasteiger partial charge is 0.220 e. The lowest BCUT2D eigenvalue weighted by Crippen LogP contribution is -2.25. The molecule has 0 atom stereocenters. The molecule has 2 aromatic rings. The average Bonchev–Trinajstić information content (AvgIpc) is 2.99. The van der Waals surface area contributed by atoms with Crippen LogP contribution in [0.4, 0.5) is 0 Å². The van der Waals surface area contributed by atoms with E-state index in [1.807, 2.05) is 47.4 Å². The van der Waals surface area contributed by atoms with Gasteiger partial charge in [-0.2, -0.15) is 5.10 Å². The molecule has 1 aromatic carbocycles. The van der Waals surface area contributed by atoms with Crippen LogP contribution in [-0.2, 0) is 16.0 Å². The standard InChI is InChI=1S/C16H21N3O2/c1-21-11-5-10-17-16(20)9-8-14-12-18-19(13-14)15-6-3-2-4-7-15/h2-4,6-7,12-13H,5,8-11H2,1H3,(H,17,20). The van der Waals surface area contributed by atoms with Gasteiger partial charge in [0.25, 0.3) is 0 Å². The lowest BCUT2D eigenvalue weighted by Gasteiger charge is -2.03. The minimum Gasteiger partial charge on any atom is -0.385 e. The van der Waals surface area contributed by atoms with Crippen LogP contribution in [0.3, 0.4) is 0 Å². The molecule has 0 saturated carbocycles. The number of para-hydroxylation sites is 1. The van der Waals surface area contributed by atoms with Gasteiger partial charge in [0.15, 0.2) is 0 Å². The molecule has 0 radical (unpaired) electrons. The summed E-state index contributed by atoms with van der Waals surface area (Å²) < 4.78 is 6.76. The van der Waals surface area contributed by atoms with Crippen molar-refractivity contribution >= 4 is 5.91 Å². The third-order valence-electron chi connectivity index (χ3n) is 3.14. The molecule has 1 N–H and O–H groups in total. The van der Waals surface area contributed by atoms with Gasteiger partial charge in [-0.25, -0.2) is 4.68 Å². The number of ether oxygens (including phenoxy) is 1. The number of aromatic nitrogens is 2. The maximum Gasteiger partial charge on any atom is 0.220 e.